The Morgan fingerprint density at radius 3 is 2.66 bits per heavy atom. The highest BCUT2D eigenvalue weighted by atomic mass is 32.1. The molecule has 0 aromatic carbocycles. The number of carbonyl (C=O) groups excluding carboxylic acids is 1. The van der Waals surface area contributed by atoms with Gasteiger partial charge in [0, 0.05) is 54.4 Å². The van der Waals surface area contributed by atoms with Crippen LogP contribution in [0.5, 0.6) is 0 Å². The molecule has 4 aromatic heterocycles. The number of anilines is 1. The second-order valence-electron chi connectivity index (χ2n) is 8.24. The van der Waals surface area contributed by atoms with Crippen molar-refractivity contribution >= 4 is 33.7 Å². The summed E-state index contributed by atoms with van der Waals surface area (Å²) in [6.07, 6.45) is 5.49. The zero-order valence-corrected chi connectivity index (χ0v) is 19.0. The maximum Gasteiger partial charge on any atom is 0.169 e. The quantitative estimate of drug-likeness (QED) is 0.419. The zero-order chi connectivity index (χ0) is 22.2. The van der Waals surface area contributed by atoms with E-state index in [2.05, 4.69) is 49.0 Å². The molecule has 0 aliphatic carbocycles. The van der Waals surface area contributed by atoms with Crippen molar-refractivity contribution in [2.24, 2.45) is 0 Å². The molecule has 0 N–H and O–H groups in total. The summed E-state index contributed by atoms with van der Waals surface area (Å²) in [6.45, 7) is 3.77. The van der Waals surface area contributed by atoms with Crippen LogP contribution in [0.2, 0.25) is 0 Å². The molecular formula is C23H23N7OS. The first-order chi connectivity index (χ1) is 15.5. The molecular weight excluding hydrogens is 422 g/mol. The minimum Gasteiger partial charge on any atom is -0.353 e. The summed E-state index contributed by atoms with van der Waals surface area (Å²) < 4.78 is 0. The van der Waals surface area contributed by atoms with Crippen LogP contribution in [0.25, 0.3) is 21.5 Å². The Morgan fingerprint density at radius 2 is 1.91 bits per heavy atom. The molecule has 1 aliphatic heterocycles. The van der Waals surface area contributed by atoms with Crippen LogP contribution in [0.1, 0.15) is 21.1 Å². The molecule has 8 nitrogen and oxygen atoms in total. The van der Waals surface area contributed by atoms with Gasteiger partial charge in [-0.05, 0) is 50.7 Å². The number of fused-ring (bicyclic) bond motifs is 1. The number of likely N-dealkylation sites (N-methyl/N-ethyl adjacent to an activating group) is 1. The molecule has 1 aliphatic rings. The highest BCUT2D eigenvalue weighted by Crippen LogP contribution is 2.25. The second kappa shape index (κ2) is 8.33. The van der Waals surface area contributed by atoms with Crippen molar-refractivity contribution in [2.45, 2.75) is 19.4 Å². The van der Waals surface area contributed by atoms with Crippen molar-refractivity contribution in [3.63, 3.8) is 0 Å². The van der Waals surface area contributed by atoms with Gasteiger partial charge in [-0.25, -0.2) is 4.98 Å². The van der Waals surface area contributed by atoms with Gasteiger partial charge in [-0.3, -0.25) is 14.8 Å². The number of rotatable bonds is 6. The Morgan fingerprint density at radius 1 is 1.09 bits per heavy atom. The summed E-state index contributed by atoms with van der Waals surface area (Å²) in [5.74, 6) is 0.877. The van der Waals surface area contributed by atoms with Crippen molar-refractivity contribution in [2.75, 3.05) is 32.1 Å². The fourth-order valence-electron chi connectivity index (χ4n) is 3.70. The summed E-state index contributed by atoms with van der Waals surface area (Å²) in [4.78, 5) is 30.8. The molecule has 0 bridgehead atoms. The van der Waals surface area contributed by atoms with E-state index in [1.54, 1.807) is 24.7 Å². The number of aryl methyl sites for hydroxylation is 1. The molecule has 1 saturated heterocycles. The van der Waals surface area contributed by atoms with Crippen molar-refractivity contribution in [1.82, 2.24) is 30.0 Å². The number of nitrogens with zero attached hydrogens (tertiary/aromatic N) is 7. The Kier molecular flexibility index (Phi) is 5.36. The third kappa shape index (κ3) is 4.09. The van der Waals surface area contributed by atoms with Gasteiger partial charge in [-0.15, -0.1) is 10.2 Å². The molecule has 4 aromatic rings. The molecule has 0 unspecified atom stereocenters. The summed E-state index contributed by atoms with van der Waals surface area (Å²) in [6, 6.07) is 8.11. The number of Topliss-reactive ketones (excluding diaryl/α,β-unsaturated/α-hetero) is 1. The lowest BCUT2D eigenvalue weighted by Crippen LogP contribution is -2.57. The number of aromatic nitrogens is 5. The van der Waals surface area contributed by atoms with E-state index in [-0.39, 0.29) is 12.2 Å². The highest BCUT2D eigenvalue weighted by Gasteiger charge is 2.29. The van der Waals surface area contributed by atoms with Gasteiger partial charge in [-0.2, -0.15) is 0 Å². The van der Waals surface area contributed by atoms with Gasteiger partial charge in [-0.1, -0.05) is 11.3 Å². The topological polar surface area (TPSA) is 88.0 Å². The first kappa shape index (κ1) is 20.6. The summed E-state index contributed by atoms with van der Waals surface area (Å²) >= 11 is 1.51. The van der Waals surface area contributed by atoms with E-state index in [4.69, 9.17) is 0 Å². The van der Waals surface area contributed by atoms with E-state index in [0.717, 1.165) is 51.1 Å². The summed E-state index contributed by atoms with van der Waals surface area (Å²) in [5, 5.41) is 11.8. The lowest BCUT2D eigenvalue weighted by atomic mass is 10.0. The summed E-state index contributed by atoms with van der Waals surface area (Å²) in [7, 11) is 4.17. The predicted molar refractivity (Wildman–Crippen MR) is 125 cm³/mol. The molecule has 0 amide bonds. The van der Waals surface area contributed by atoms with E-state index in [9.17, 15) is 4.79 Å². The maximum absolute atomic E-state index is 13.0. The molecule has 9 heteroatoms. The molecule has 5 rings (SSSR count). The van der Waals surface area contributed by atoms with Gasteiger partial charge < -0.3 is 9.80 Å². The largest absolute Gasteiger partial charge is 0.353 e. The SMILES string of the molecule is Cc1nnc(-c2cc3cc(CC(=O)c4ccnc(N5CC(N(C)C)C5)c4)ncc3cn2)s1. The van der Waals surface area contributed by atoms with Crippen LogP contribution in [-0.4, -0.2) is 69.1 Å². The fourth-order valence-corrected chi connectivity index (χ4v) is 4.36. The average Bonchev–Trinajstić information content (AvgIpc) is 3.18. The minimum absolute atomic E-state index is 0.0270. The van der Waals surface area contributed by atoms with Crippen molar-refractivity contribution in [3.8, 4) is 10.7 Å². The van der Waals surface area contributed by atoms with E-state index < -0.39 is 0 Å². The first-order valence-corrected chi connectivity index (χ1v) is 11.2. The standard InChI is InChI=1S/C23H23N7OS/c1-14-27-28-23(32-14)20-7-16-6-18(25-10-17(16)11-26-20)9-21(31)15-4-5-24-22(8-15)30-12-19(13-30)29(2)3/h4-8,10-11,19H,9,12-13H2,1-3H3. The molecule has 0 atom stereocenters. The van der Waals surface area contributed by atoms with Gasteiger partial charge in [0.05, 0.1) is 6.42 Å². The Labute approximate surface area is 190 Å². The molecule has 1 fully saturated rings. The smallest absolute Gasteiger partial charge is 0.169 e. The van der Waals surface area contributed by atoms with Crippen LogP contribution in [-0.2, 0) is 6.42 Å². The molecule has 0 spiro atoms. The minimum atomic E-state index is 0.0270. The van der Waals surface area contributed by atoms with Crippen LogP contribution in [0, 0.1) is 6.92 Å². The van der Waals surface area contributed by atoms with E-state index in [1.807, 2.05) is 25.1 Å². The van der Waals surface area contributed by atoms with Crippen LogP contribution < -0.4 is 4.90 Å². The molecule has 0 saturated carbocycles. The van der Waals surface area contributed by atoms with Crippen LogP contribution in [0.15, 0.2) is 42.9 Å². The molecule has 0 radical (unpaired) electrons. The van der Waals surface area contributed by atoms with Gasteiger partial charge in [0.1, 0.15) is 16.5 Å². The lowest BCUT2D eigenvalue weighted by molar-refractivity contribution is 0.0992. The number of pyridine rings is 3. The molecule has 5 heterocycles. The van der Waals surface area contributed by atoms with Crippen LogP contribution in [0.4, 0.5) is 5.82 Å². The van der Waals surface area contributed by atoms with E-state index in [1.165, 1.54) is 11.3 Å². The van der Waals surface area contributed by atoms with E-state index >= 15 is 0 Å². The predicted octanol–water partition coefficient (Wildman–Crippen LogP) is 3.03. The fraction of sp³-hybridized carbons (Fsp3) is 0.304. The normalized spacial score (nSPS) is 14.2. The average molecular weight is 446 g/mol. The monoisotopic (exact) mass is 445 g/mol. The Balaban J connectivity index is 1.34. The van der Waals surface area contributed by atoms with Crippen LogP contribution >= 0.6 is 11.3 Å². The second-order valence-corrected chi connectivity index (χ2v) is 9.43. The van der Waals surface area contributed by atoms with Gasteiger partial charge in [0.15, 0.2) is 10.8 Å². The lowest BCUT2D eigenvalue weighted by Gasteiger charge is -2.43. The molecule has 162 valence electrons. The highest BCUT2D eigenvalue weighted by molar-refractivity contribution is 7.14. The maximum atomic E-state index is 13.0. The van der Waals surface area contributed by atoms with Crippen molar-refractivity contribution in [3.05, 3.63) is 59.1 Å². The number of ketones is 1. The van der Waals surface area contributed by atoms with Gasteiger partial charge in [0.25, 0.3) is 0 Å². The number of hydrogen-bond acceptors (Lipinski definition) is 9. The van der Waals surface area contributed by atoms with Gasteiger partial charge in [0.2, 0.25) is 0 Å². The molecule has 32 heavy (non-hydrogen) atoms. The van der Waals surface area contributed by atoms with Crippen LogP contribution in [0.3, 0.4) is 0 Å². The van der Waals surface area contributed by atoms with E-state index in [0.29, 0.717) is 11.6 Å². The third-order valence-corrected chi connectivity index (χ3v) is 6.59. The van der Waals surface area contributed by atoms with Gasteiger partial charge >= 0.3 is 0 Å². The zero-order valence-electron chi connectivity index (χ0n) is 18.2. The Hall–Kier alpha value is -3.30. The third-order valence-electron chi connectivity index (χ3n) is 5.73. The first-order valence-electron chi connectivity index (χ1n) is 10.4. The van der Waals surface area contributed by atoms with Crippen molar-refractivity contribution < 1.29 is 4.79 Å². The Bertz CT molecular complexity index is 1300. The number of hydrogen-bond donors (Lipinski definition) is 0. The van der Waals surface area contributed by atoms with Crippen molar-refractivity contribution in [1.29, 1.82) is 0 Å². The summed E-state index contributed by atoms with van der Waals surface area (Å²) in [5.41, 5.74) is 2.16. The number of carbonyl (C=O) groups is 1.